The molecule has 2 aliphatic heterocycles. The molecule has 30 heavy (non-hydrogen) atoms. The number of carbonyl (C=O) groups excluding carboxylic acids is 2. The second kappa shape index (κ2) is 6.46. The average molecular weight is 410 g/mol. The first-order valence-corrected chi connectivity index (χ1v) is 11.6. The van der Waals surface area contributed by atoms with Crippen molar-refractivity contribution in [3.05, 3.63) is 35.4 Å². The van der Waals surface area contributed by atoms with Gasteiger partial charge in [-0.25, -0.2) is 4.79 Å². The molecular weight excluding hydrogens is 378 g/mol. The SMILES string of the molecule is NC(=O)C12CC3CC(C1)C(NC(=O)N1CCC4(CC1)OCc1ccccc14)C(C3)C2. The van der Waals surface area contributed by atoms with Gasteiger partial charge in [0.2, 0.25) is 5.91 Å². The van der Waals surface area contributed by atoms with Crippen molar-refractivity contribution in [2.75, 3.05) is 13.1 Å². The smallest absolute Gasteiger partial charge is 0.317 e. The van der Waals surface area contributed by atoms with Crippen LogP contribution in [0.15, 0.2) is 24.3 Å². The molecule has 3 amide bonds. The topological polar surface area (TPSA) is 84.7 Å². The minimum Gasteiger partial charge on any atom is -0.369 e. The van der Waals surface area contributed by atoms with E-state index in [1.54, 1.807) is 0 Å². The summed E-state index contributed by atoms with van der Waals surface area (Å²) in [6.07, 6.45) is 6.63. The fraction of sp³-hybridized carbons (Fsp3) is 0.667. The Morgan fingerprint density at radius 1 is 1.07 bits per heavy atom. The Morgan fingerprint density at radius 3 is 2.47 bits per heavy atom. The first-order chi connectivity index (χ1) is 14.5. The van der Waals surface area contributed by atoms with Crippen LogP contribution >= 0.6 is 0 Å². The first kappa shape index (κ1) is 18.7. The Kier molecular flexibility index (Phi) is 4.02. The van der Waals surface area contributed by atoms with Gasteiger partial charge in [0.15, 0.2) is 0 Å². The molecule has 160 valence electrons. The van der Waals surface area contributed by atoms with Gasteiger partial charge in [0.25, 0.3) is 0 Å². The van der Waals surface area contributed by atoms with Crippen LogP contribution in [0.2, 0.25) is 0 Å². The highest BCUT2D eigenvalue weighted by Gasteiger charge is 2.58. The number of fused-ring (bicyclic) bond motifs is 2. The van der Waals surface area contributed by atoms with Gasteiger partial charge in [0.1, 0.15) is 0 Å². The van der Waals surface area contributed by atoms with Crippen LogP contribution in [0.25, 0.3) is 0 Å². The zero-order valence-electron chi connectivity index (χ0n) is 17.4. The number of rotatable bonds is 2. The second-order valence-corrected chi connectivity index (χ2v) is 10.5. The molecule has 5 fully saturated rings. The van der Waals surface area contributed by atoms with E-state index in [1.807, 2.05) is 4.90 Å². The van der Waals surface area contributed by atoms with Gasteiger partial charge >= 0.3 is 6.03 Å². The molecule has 6 nitrogen and oxygen atoms in total. The number of hydrogen-bond acceptors (Lipinski definition) is 3. The zero-order valence-corrected chi connectivity index (χ0v) is 17.4. The van der Waals surface area contributed by atoms with Crippen molar-refractivity contribution >= 4 is 11.9 Å². The van der Waals surface area contributed by atoms with E-state index in [2.05, 4.69) is 29.6 Å². The van der Waals surface area contributed by atoms with E-state index in [0.29, 0.717) is 24.4 Å². The van der Waals surface area contributed by atoms with E-state index >= 15 is 0 Å². The molecule has 2 atom stereocenters. The van der Waals surface area contributed by atoms with Crippen LogP contribution in [0.5, 0.6) is 0 Å². The van der Waals surface area contributed by atoms with Crippen LogP contribution in [-0.2, 0) is 21.7 Å². The van der Waals surface area contributed by atoms with E-state index in [9.17, 15) is 9.59 Å². The van der Waals surface area contributed by atoms with Gasteiger partial charge in [-0.3, -0.25) is 4.79 Å². The standard InChI is InChI=1S/C24H31N3O3/c25-21(28)23-11-15-9-17(12-23)20(18(10-15)13-23)26-22(29)27-7-5-24(6-8-27)19-4-2-1-3-16(19)14-30-24/h1-4,15,17-18,20H,5-14H2,(H2,25,28)(H,26,29). The molecule has 6 heteroatoms. The fourth-order valence-electron chi connectivity index (χ4n) is 7.66. The summed E-state index contributed by atoms with van der Waals surface area (Å²) in [6.45, 7) is 2.11. The predicted molar refractivity (Wildman–Crippen MR) is 111 cm³/mol. The highest BCUT2D eigenvalue weighted by Crippen LogP contribution is 2.60. The van der Waals surface area contributed by atoms with Crippen molar-refractivity contribution in [2.24, 2.45) is 28.9 Å². The second-order valence-electron chi connectivity index (χ2n) is 10.5. The lowest BCUT2D eigenvalue weighted by atomic mass is 9.47. The molecule has 2 heterocycles. The number of nitrogens with one attached hydrogen (secondary N) is 1. The summed E-state index contributed by atoms with van der Waals surface area (Å²) in [5, 5.41) is 3.38. The summed E-state index contributed by atoms with van der Waals surface area (Å²) in [7, 11) is 0. The molecule has 4 bridgehead atoms. The third kappa shape index (κ3) is 2.65. The number of hydrogen-bond donors (Lipinski definition) is 2. The van der Waals surface area contributed by atoms with Gasteiger partial charge in [-0.15, -0.1) is 0 Å². The van der Waals surface area contributed by atoms with Crippen molar-refractivity contribution in [2.45, 2.75) is 63.2 Å². The highest BCUT2D eigenvalue weighted by molar-refractivity contribution is 5.81. The summed E-state index contributed by atoms with van der Waals surface area (Å²) in [5.41, 5.74) is 7.87. The quantitative estimate of drug-likeness (QED) is 0.788. The van der Waals surface area contributed by atoms with Crippen molar-refractivity contribution in [1.29, 1.82) is 0 Å². The van der Waals surface area contributed by atoms with E-state index < -0.39 is 0 Å². The van der Waals surface area contributed by atoms with Gasteiger partial charge in [-0.05, 0) is 73.8 Å². The van der Waals surface area contributed by atoms with Crippen LogP contribution in [-0.4, -0.2) is 36.0 Å². The van der Waals surface area contributed by atoms with Gasteiger partial charge in [-0.1, -0.05) is 24.3 Å². The maximum atomic E-state index is 13.1. The third-order valence-electron chi connectivity index (χ3n) is 8.96. The molecule has 0 aromatic heterocycles. The van der Waals surface area contributed by atoms with E-state index in [0.717, 1.165) is 58.0 Å². The summed E-state index contributed by atoms with van der Waals surface area (Å²) in [4.78, 5) is 27.3. The summed E-state index contributed by atoms with van der Waals surface area (Å²) in [6, 6.07) is 8.73. The van der Waals surface area contributed by atoms with Crippen molar-refractivity contribution in [3.8, 4) is 0 Å². The number of ether oxygens (including phenoxy) is 1. The summed E-state index contributed by atoms with van der Waals surface area (Å²) in [5.74, 6) is 1.28. The monoisotopic (exact) mass is 409 g/mol. The number of urea groups is 1. The molecule has 1 saturated heterocycles. The lowest BCUT2D eigenvalue weighted by molar-refractivity contribution is -0.145. The molecule has 4 saturated carbocycles. The Balaban J connectivity index is 1.12. The van der Waals surface area contributed by atoms with Crippen molar-refractivity contribution < 1.29 is 14.3 Å². The zero-order chi connectivity index (χ0) is 20.5. The summed E-state index contributed by atoms with van der Waals surface area (Å²) < 4.78 is 6.24. The number of carbonyl (C=O) groups is 2. The Hall–Kier alpha value is -2.08. The van der Waals surface area contributed by atoms with Gasteiger partial charge in [0.05, 0.1) is 12.2 Å². The predicted octanol–water partition coefficient (Wildman–Crippen LogP) is 2.90. The van der Waals surface area contributed by atoms with Crippen LogP contribution in [0, 0.1) is 23.2 Å². The number of nitrogens with two attached hydrogens (primary N) is 1. The number of likely N-dealkylation sites (tertiary alicyclic amines) is 1. The Labute approximate surface area is 177 Å². The Morgan fingerprint density at radius 2 is 1.77 bits per heavy atom. The lowest BCUT2D eigenvalue weighted by Gasteiger charge is -2.59. The number of piperidine rings is 1. The molecule has 4 aliphatic carbocycles. The molecule has 1 aromatic rings. The van der Waals surface area contributed by atoms with Crippen LogP contribution < -0.4 is 11.1 Å². The maximum Gasteiger partial charge on any atom is 0.317 e. The molecule has 1 aromatic carbocycles. The third-order valence-corrected chi connectivity index (χ3v) is 8.96. The lowest BCUT2D eigenvalue weighted by Crippen LogP contribution is -2.63. The minimum absolute atomic E-state index is 0.0572. The number of primary amides is 1. The number of benzene rings is 1. The van der Waals surface area contributed by atoms with E-state index in [-0.39, 0.29) is 29.0 Å². The maximum absolute atomic E-state index is 13.1. The van der Waals surface area contributed by atoms with Crippen LogP contribution in [0.3, 0.4) is 0 Å². The highest BCUT2D eigenvalue weighted by atomic mass is 16.5. The van der Waals surface area contributed by atoms with Crippen LogP contribution in [0.4, 0.5) is 4.79 Å². The van der Waals surface area contributed by atoms with Gasteiger partial charge in [-0.2, -0.15) is 0 Å². The molecule has 7 rings (SSSR count). The van der Waals surface area contributed by atoms with E-state index in [1.165, 1.54) is 11.1 Å². The molecule has 3 N–H and O–H groups in total. The fourth-order valence-corrected chi connectivity index (χ4v) is 7.66. The molecule has 2 unspecified atom stereocenters. The van der Waals surface area contributed by atoms with E-state index in [4.69, 9.17) is 10.5 Å². The van der Waals surface area contributed by atoms with Crippen molar-refractivity contribution in [1.82, 2.24) is 10.2 Å². The number of nitrogens with zero attached hydrogens (tertiary/aromatic N) is 1. The molecule has 6 aliphatic rings. The average Bonchev–Trinajstić information content (AvgIpc) is 3.09. The van der Waals surface area contributed by atoms with Gasteiger partial charge < -0.3 is 20.7 Å². The molecule has 0 radical (unpaired) electrons. The summed E-state index contributed by atoms with van der Waals surface area (Å²) >= 11 is 0. The van der Waals surface area contributed by atoms with Gasteiger partial charge in [0, 0.05) is 24.5 Å². The first-order valence-electron chi connectivity index (χ1n) is 11.6. The normalized spacial score (nSPS) is 37.9. The largest absolute Gasteiger partial charge is 0.369 e. The Bertz CT molecular complexity index is 875. The molecule has 1 spiro atoms. The molecular formula is C24H31N3O3. The van der Waals surface area contributed by atoms with Crippen LogP contribution in [0.1, 0.15) is 56.1 Å². The minimum atomic E-state index is -0.303. The number of amides is 3. The van der Waals surface area contributed by atoms with Crippen molar-refractivity contribution in [3.63, 3.8) is 0 Å².